The van der Waals surface area contributed by atoms with Crippen LogP contribution in [0.5, 0.6) is 5.75 Å². The molecular formula is C19H20N2O2. The molecule has 0 saturated carbocycles. The Kier molecular flexibility index (Phi) is 3.66. The normalized spacial score (nSPS) is 20.1. The molecule has 2 aliphatic heterocycles. The Balaban J connectivity index is 1.37. The van der Waals surface area contributed by atoms with Gasteiger partial charge in [-0.1, -0.05) is 36.4 Å². The Morgan fingerprint density at radius 1 is 0.913 bits per heavy atom. The fourth-order valence-electron chi connectivity index (χ4n) is 3.35. The summed E-state index contributed by atoms with van der Waals surface area (Å²) in [6.45, 7) is 3.25. The number of hydrogen-bond donors (Lipinski definition) is 0. The average molecular weight is 308 g/mol. The maximum absolute atomic E-state index is 12.7. The standard InChI is InChI=1S/C19H20N2O2/c22-19(18-14-15-6-4-5-9-17(15)23-18)21-12-10-20(11-13-21)16-7-2-1-3-8-16/h1-9,18H,10-14H2/t18-/m1/s1. The highest BCUT2D eigenvalue weighted by atomic mass is 16.5. The number of piperazine rings is 1. The van der Waals surface area contributed by atoms with Crippen LogP contribution in [0.1, 0.15) is 5.56 Å². The van der Waals surface area contributed by atoms with Crippen LogP contribution in [0.2, 0.25) is 0 Å². The van der Waals surface area contributed by atoms with E-state index in [4.69, 9.17) is 4.74 Å². The van der Waals surface area contributed by atoms with Crippen molar-refractivity contribution in [2.45, 2.75) is 12.5 Å². The quantitative estimate of drug-likeness (QED) is 0.854. The van der Waals surface area contributed by atoms with Gasteiger partial charge < -0.3 is 14.5 Å². The first-order valence-electron chi connectivity index (χ1n) is 8.14. The molecule has 2 aliphatic rings. The molecule has 0 unspecified atom stereocenters. The van der Waals surface area contributed by atoms with Crippen molar-refractivity contribution in [3.8, 4) is 5.75 Å². The largest absolute Gasteiger partial charge is 0.480 e. The summed E-state index contributed by atoms with van der Waals surface area (Å²) in [6, 6.07) is 18.3. The van der Waals surface area contributed by atoms with Crippen LogP contribution in [0.3, 0.4) is 0 Å². The predicted octanol–water partition coefficient (Wildman–Crippen LogP) is 2.34. The van der Waals surface area contributed by atoms with E-state index in [0.717, 1.165) is 37.5 Å². The lowest BCUT2D eigenvalue weighted by atomic mass is 10.1. The number of ether oxygens (including phenoxy) is 1. The highest BCUT2D eigenvalue weighted by Crippen LogP contribution is 2.29. The van der Waals surface area contributed by atoms with Crippen LogP contribution in [0, 0.1) is 0 Å². The molecule has 4 nitrogen and oxygen atoms in total. The SMILES string of the molecule is O=C([C@H]1Cc2ccccc2O1)N1CCN(c2ccccc2)CC1. The molecule has 0 aliphatic carbocycles. The fourth-order valence-corrected chi connectivity index (χ4v) is 3.35. The van der Waals surface area contributed by atoms with Crippen LogP contribution in [0.25, 0.3) is 0 Å². The smallest absolute Gasteiger partial charge is 0.264 e. The Morgan fingerprint density at radius 2 is 1.61 bits per heavy atom. The van der Waals surface area contributed by atoms with Gasteiger partial charge in [0.15, 0.2) is 6.10 Å². The van der Waals surface area contributed by atoms with Crippen molar-refractivity contribution in [1.82, 2.24) is 4.90 Å². The summed E-state index contributed by atoms with van der Waals surface area (Å²) in [7, 11) is 0. The Hall–Kier alpha value is -2.49. The third-order valence-corrected chi connectivity index (χ3v) is 4.64. The first kappa shape index (κ1) is 14.1. The minimum Gasteiger partial charge on any atom is -0.480 e. The van der Waals surface area contributed by atoms with Gasteiger partial charge in [-0.15, -0.1) is 0 Å². The van der Waals surface area contributed by atoms with Crippen molar-refractivity contribution in [3.05, 3.63) is 60.2 Å². The van der Waals surface area contributed by atoms with Gasteiger partial charge in [-0.25, -0.2) is 0 Å². The average Bonchev–Trinajstić information content (AvgIpc) is 3.06. The molecule has 4 rings (SSSR count). The molecule has 0 N–H and O–H groups in total. The van der Waals surface area contributed by atoms with Crippen molar-refractivity contribution in [2.24, 2.45) is 0 Å². The van der Waals surface area contributed by atoms with E-state index >= 15 is 0 Å². The van der Waals surface area contributed by atoms with E-state index in [0.29, 0.717) is 6.42 Å². The lowest BCUT2D eigenvalue weighted by Crippen LogP contribution is -2.52. The molecule has 0 aromatic heterocycles. The van der Waals surface area contributed by atoms with Gasteiger partial charge in [0.2, 0.25) is 0 Å². The van der Waals surface area contributed by atoms with Crippen LogP contribution in [-0.4, -0.2) is 43.1 Å². The summed E-state index contributed by atoms with van der Waals surface area (Å²) in [5.74, 6) is 0.975. The molecular weight excluding hydrogens is 288 g/mol. The van der Waals surface area contributed by atoms with Crippen LogP contribution >= 0.6 is 0 Å². The monoisotopic (exact) mass is 308 g/mol. The lowest BCUT2D eigenvalue weighted by molar-refractivity contribution is -0.138. The number of para-hydroxylation sites is 2. The molecule has 0 radical (unpaired) electrons. The summed E-state index contributed by atoms with van der Waals surface area (Å²) in [4.78, 5) is 17.0. The second-order valence-corrected chi connectivity index (χ2v) is 6.07. The third kappa shape index (κ3) is 2.77. The Morgan fingerprint density at radius 3 is 2.35 bits per heavy atom. The second kappa shape index (κ2) is 5.95. The molecule has 2 aromatic carbocycles. The number of anilines is 1. The third-order valence-electron chi connectivity index (χ3n) is 4.64. The van der Waals surface area contributed by atoms with Gasteiger partial charge in [0.1, 0.15) is 5.75 Å². The summed E-state index contributed by atoms with van der Waals surface area (Å²) < 4.78 is 5.83. The highest BCUT2D eigenvalue weighted by molar-refractivity contribution is 5.83. The number of fused-ring (bicyclic) bond motifs is 1. The van der Waals surface area contributed by atoms with Crippen LogP contribution in [-0.2, 0) is 11.2 Å². The Labute approximate surface area is 136 Å². The molecule has 4 heteroatoms. The topological polar surface area (TPSA) is 32.8 Å². The molecule has 1 saturated heterocycles. The second-order valence-electron chi connectivity index (χ2n) is 6.07. The summed E-state index contributed by atoms with van der Waals surface area (Å²) >= 11 is 0. The van der Waals surface area contributed by atoms with Crippen LogP contribution < -0.4 is 9.64 Å². The molecule has 1 atom stereocenters. The van der Waals surface area contributed by atoms with Crippen molar-refractivity contribution in [1.29, 1.82) is 0 Å². The van der Waals surface area contributed by atoms with Crippen molar-refractivity contribution < 1.29 is 9.53 Å². The molecule has 118 valence electrons. The number of rotatable bonds is 2. The number of nitrogens with zero attached hydrogens (tertiary/aromatic N) is 2. The van der Waals surface area contributed by atoms with Crippen molar-refractivity contribution in [2.75, 3.05) is 31.1 Å². The zero-order valence-electron chi connectivity index (χ0n) is 13.0. The summed E-state index contributed by atoms with van der Waals surface area (Å²) in [6.07, 6.45) is 0.337. The maximum Gasteiger partial charge on any atom is 0.264 e. The van der Waals surface area contributed by atoms with Gasteiger partial charge in [0, 0.05) is 38.3 Å². The Bertz CT molecular complexity index is 669. The van der Waals surface area contributed by atoms with Gasteiger partial charge in [-0.2, -0.15) is 0 Å². The van der Waals surface area contributed by atoms with Crippen molar-refractivity contribution in [3.63, 3.8) is 0 Å². The van der Waals surface area contributed by atoms with E-state index in [2.05, 4.69) is 29.2 Å². The van der Waals surface area contributed by atoms with Gasteiger partial charge in [0.05, 0.1) is 0 Å². The molecule has 2 heterocycles. The molecule has 1 amide bonds. The number of carbonyl (C=O) groups is 1. The number of carbonyl (C=O) groups excluding carboxylic acids is 1. The zero-order chi connectivity index (χ0) is 15.6. The predicted molar refractivity (Wildman–Crippen MR) is 89.8 cm³/mol. The molecule has 0 spiro atoms. The van der Waals surface area contributed by atoms with Crippen LogP contribution in [0.4, 0.5) is 5.69 Å². The van der Waals surface area contributed by atoms with E-state index in [9.17, 15) is 4.79 Å². The van der Waals surface area contributed by atoms with Gasteiger partial charge in [-0.3, -0.25) is 4.79 Å². The molecule has 23 heavy (non-hydrogen) atoms. The number of hydrogen-bond acceptors (Lipinski definition) is 3. The highest BCUT2D eigenvalue weighted by Gasteiger charge is 2.33. The van der Waals surface area contributed by atoms with E-state index in [1.807, 2.05) is 35.2 Å². The lowest BCUT2D eigenvalue weighted by Gasteiger charge is -2.36. The minimum atomic E-state index is -0.351. The van der Waals surface area contributed by atoms with E-state index in [1.54, 1.807) is 0 Å². The number of amides is 1. The van der Waals surface area contributed by atoms with Gasteiger partial charge in [0.25, 0.3) is 5.91 Å². The zero-order valence-corrected chi connectivity index (χ0v) is 13.0. The summed E-state index contributed by atoms with van der Waals surface area (Å²) in [5.41, 5.74) is 2.36. The van der Waals surface area contributed by atoms with Crippen LogP contribution in [0.15, 0.2) is 54.6 Å². The molecule has 1 fully saturated rings. The first-order valence-corrected chi connectivity index (χ1v) is 8.14. The molecule has 2 aromatic rings. The van der Waals surface area contributed by atoms with Crippen molar-refractivity contribution >= 4 is 11.6 Å². The molecule has 0 bridgehead atoms. The van der Waals surface area contributed by atoms with E-state index in [1.165, 1.54) is 5.69 Å². The summed E-state index contributed by atoms with van der Waals surface area (Å²) in [5, 5.41) is 0. The van der Waals surface area contributed by atoms with Gasteiger partial charge >= 0.3 is 0 Å². The van der Waals surface area contributed by atoms with Gasteiger partial charge in [-0.05, 0) is 23.8 Å². The van der Waals surface area contributed by atoms with E-state index in [-0.39, 0.29) is 12.0 Å². The fraction of sp³-hybridized carbons (Fsp3) is 0.316. The maximum atomic E-state index is 12.7. The number of benzene rings is 2. The van der Waals surface area contributed by atoms with E-state index < -0.39 is 0 Å². The first-order chi connectivity index (χ1) is 11.3. The minimum absolute atomic E-state index is 0.119.